The highest BCUT2D eigenvalue weighted by molar-refractivity contribution is 5.75. The summed E-state index contributed by atoms with van der Waals surface area (Å²) in [5, 5.41) is 8.31. The van der Waals surface area contributed by atoms with Crippen LogP contribution in [0.1, 0.15) is 11.1 Å². The topological polar surface area (TPSA) is 55.8 Å². The maximum atomic E-state index is 11.1. The molecule has 0 fully saturated rings. The van der Waals surface area contributed by atoms with Gasteiger partial charge in [-0.05, 0) is 42.3 Å². The van der Waals surface area contributed by atoms with E-state index in [2.05, 4.69) is 4.89 Å². The number of aryl methyl sites for hydroxylation is 1. The quantitative estimate of drug-likeness (QED) is 0.532. The van der Waals surface area contributed by atoms with Gasteiger partial charge in [-0.3, -0.25) is 0 Å². The Balaban J connectivity index is 0.00000200. The SMILES string of the molecule is Cc1ccc(Oc2ccccc2)cc1CC(=O)OO.[AlH3]. The number of rotatable bonds is 4. The minimum atomic E-state index is -0.694. The summed E-state index contributed by atoms with van der Waals surface area (Å²) in [6, 6.07) is 14.8. The summed E-state index contributed by atoms with van der Waals surface area (Å²) in [7, 11) is 0. The molecule has 104 valence electrons. The molecule has 20 heavy (non-hydrogen) atoms. The lowest BCUT2D eigenvalue weighted by atomic mass is 10.1. The minimum Gasteiger partial charge on any atom is -0.457 e. The van der Waals surface area contributed by atoms with Gasteiger partial charge in [0.15, 0.2) is 17.4 Å². The first-order valence-electron chi connectivity index (χ1n) is 5.85. The second-order valence-corrected chi connectivity index (χ2v) is 4.14. The third kappa shape index (κ3) is 4.39. The zero-order valence-electron chi connectivity index (χ0n) is 10.5. The summed E-state index contributed by atoms with van der Waals surface area (Å²) in [5.74, 6) is 0.666. The normalized spacial score (nSPS) is 9.50. The number of carbonyl (C=O) groups excluding carboxylic acids is 1. The molecular weight excluding hydrogens is 271 g/mol. The Morgan fingerprint density at radius 3 is 2.45 bits per heavy atom. The molecule has 1 N–H and O–H groups in total. The van der Waals surface area contributed by atoms with Crippen LogP contribution in [0, 0.1) is 6.92 Å². The minimum absolute atomic E-state index is 0. The van der Waals surface area contributed by atoms with Crippen LogP contribution in [0.15, 0.2) is 48.5 Å². The molecule has 0 heterocycles. The zero-order valence-corrected chi connectivity index (χ0v) is 10.5. The summed E-state index contributed by atoms with van der Waals surface area (Å²) in [6.07, 6.45) is 0.00826. The molecule has 0 saturated carbocycles. The Hall–Kier alpha value is -1.80. The number of hydrogen-bond donors (Lipinski definition) is 1. The van der Waals surface area contributed by atoms with Gasteiger partial charge in [-0.1, -0.05) is 24.3 Å². The van der Waals surface area contributed by atoms with E-state index in [-0.39, 0.29) is 23.8 Å². The van der Waals surface area contributed by atoms with Crippen molar-refractivity contribution in [2.75, 3.05) is 0 Å². The standard InChI is InChI=1S/C15H14O4.Al.3H/c1-11-7-8-14(9-12(11)10-15(16)19-17)18-13-5-3-2-4-6-13;;;;/h2-9,17H,10H2,1H3;;;;. The van der Waals surface area contributed by atoms with Crippen molar-refractivity contribution >= 4 is 23.3 Å². The van der Waals surface area contributed by atoms with Gasteiger partial charge in [0.05, 0.1) is 6.42 Å². The van der Waals surface area contributed by atoms with E-state index >= 15 is 0 Å². The first-order chi connectivity index (χ1) is 9.19. The van der Waals surface area contributed by atoms with E-state index in [1.54, 1.807) is 6.07 Å². The molecule has 0 aliphatic rings. The lowest BCUT2D eigenvalue weighted by Crippen LogP contribution is -2.06. The molecule has 2 rings (SSSR count). The smallest absolute Gasteiger partial charge is 0.346 e. The molecule has 0 bridgehead atoms. The van der Waals surface area contributed by atoms with Crippen LogP contribution >= 0.6 is 0 Å². The second-order valence-electron chi connectivity index (χ2n) is 4.14. The van der Waals surface area contributed by atoms with Crippen molar-refractivity contribution in [3.63, 3.8) is 0 Å². The van der Waals surface area contributed by atoms with E-state index in [1.807, 2.05) is 49.4 Å². The monoisotopic (exact) mass is 288 g/mol. The zero-order chi connectivity index (χ0) is 13.7. The number of para-hydroxylation sites is 1. The largest absolute Gasteiger partial charge is 0.457 e. The molecule has 2 aromatic rings. The lowest BCUT2D eigenvalue weighted by Gasteiger charge is -2.09. The third-order valence-electron chi connectivity index (χ3n) is 2.74. The van der Waals surface area contributed by atoms with Crippen LogP contribution in [0.2, 0.25) is 0 Å². The van der Waals surface area contributed by atoms with E-state index in [9.17, 15) is 4.79 Å². The summed E-state index contributed by atoms with van der Waals surface area (Å²) in [4.78, 5) is 14.8. The van der Waals surface area contributed by atoms with Gasteiger partial charge in [-0.15, -0.1) is 0 Å². The predicted octanol–water partition coefficient (Wildman–Crippen LogP) is 2.16. The molecule has 0 amide bonds. The molecule has 0 unspecified atom stereocenters. The lowest BCUT2D eigenvalue weighted by molar-refractivity contribution is -0.233. The number of benzene rings is 2. The summed E-state index contributed by atoms with van der Waals surface area (Å²) in [6.45, 7) is 1.88. The van der Waals surface area contributed by atoms with Gasteiger partial charge in [0.2, 0.25) is 0 Å². The van der Waals surface area contributed by atoms with Crippen molar-refractivity contribution in [3.05, 3.63) is 59.7 Å². The van der Waals surface area contributed by atoms with Crippen LogP contribution in [-0.2, 0) is 16.1 Å². The van der Waals surface area contributed by atoms with Gasteiger partial charge < -0.3 is 9.62 Å². The number of ether oxygens (including phenoxy) is 1. The van der Waals surface area contributed by atoms with Crippen molar-refractivity contribution < 1.29 is 19.7 Å². The number of carbonyl (C=O) groups is 1. The summed E-state index contributed by atoms with van der Waals surface area (Å²) < 4.78 is 5.67. The highest BCUT2D eigenvalue weighted by Crippen LogP contribution is 2.24. The van der Waals surface area contributed by atoms with Gasteiger partial charge in [0, 0.05) is 0 Å². The average molecular weight is 288 g/mol. The van der Waals surface area contributed by atoms with Gasteiger partial charge in [0.1, 0.15) is 11.5 Å². The molecule has 0 saturated heterocycles. The molecule has 0 atom stereocenters. The first-order valence-corrected chi connectivity index (χ1v) is 5.85. The highest BCUT2D eigenvalue weighted by atomic mass is 27.0. The molecular formula is C15H17AlO4. The van der Waals surface area contributed by atoms with Crippen LogP contribution in [-0.4, -0.2) is 28.6 Å². The molecule has 5 heteroatoms. The molecule has 4 nitrogen and oxygen atoms in total. The van der Waals surface area contributed by atoms with E-state index in [0.29, 0.717) is 5.75 Å². The molecule has 0 spiro atoms. The summed E-state index contributed by atoms with van der Waals surface area (Å²) in [5.41, 5.74) is 1.69. The summed E-state index contributed by atoms with van der Waals surface area (Å²) >= 11 is 0. The van der Waals surface area contributed by atoms with E-state index in [0.717, 1.165) is 16.9 Å². The van der Waals surface area contributed by atoms with Crippen LogP contribution in [0.4, 0.5) is 0 Å². The fraction of sp³-hybridized carbons (Fsp3) is 0.133. The van der Waals surface area contributed by atoms with Crippen molar-refractivity contribution in [1.29, 1.82) is 0 Å². The maximum Gasteiger partial charge on any atom is 0.346 e. The molecule has 0 radical (unpaired) electrons. The van der Waals surface area contributed by atoms with Crippen LogP contribution in [0.5, 0.6) is 11.5 Å². The first kappa shape index (κ1) is 16.3. The molecule has 2 aromatic carbocycles. The molecule has 0 aliphatic heterocycles. The Kier molecular flexibility index (Phi) is 6.27. The maximum absolute atomic E-state index is 11.1. The average Bonchev–Trinajstić information content (AvgIpc) is 2.43. The fourth-order valence-corrected chi connectivity index (χ4v) is 1.71. The van der Waals surface area contributed by atoms with Crippen molar-refractivity contribution in [1.82, 2.24) is 0 Å². The van der Waals surface area contributed by atoms with Crippen molar-refractivity contribution in [2.24, 2.45) is 0 Å². The Bertz CT molecular complexity index is 569. The fourth-order valence-electron chi connectivity index (χ4n) is 1.71. The van der Waals surface area contributed by atoms with Crippen molar-refractivity contribution in [3.8, 4) is 11.5 Å². The second kappa shape index (κ2) is 7.71. The Morgan fingerprint density at radius 2 is 1.80 bits per heavy atom. The number of hydrogen-bond acceptors (Lipinski definition) is 4. The van der Waals surface area contributed by atoms with Gasteiger partial charge >= 0.3 is 5.97 Å². The third-order valence-corrected chi connectivity index (χ3v) is 2.74. The Morgan fingerprint density at radius 1 is 1.10 bits per heavy atom. The van der Waals surface area contributed by atoms with Crippen LogP contribution in [0.3, 0.4) is 0 Å². The van der Waals surface area contributed by atoms with Crippen molar-refractivity contribution in [2.45, 2.75) is 13.3 Å². The van der Waals surface area contributed by atoms with E-state index in [4.69, 9.17) is 9.99 Å². The van der Waals surface area contributed by atoms with Gasteiger partial charge in [-0.2, -0.15) is 5.26 Å². The Labute approximate surface area is 128 Å². The molecule has 0 aromatic heterocycles. The highest BCUT2D eigenvalue weighted by Gasteiger charge is 2.09. The molecule has 0 aliphatic carbocycles. The van der Waals surface area contributed by atoms with Gasteiger partial charge in [-0.25, -0.2) is 4.79 Å². The van der Waals surface area contributed by atoms with E-state index in [1.165, 1.54) is 0 Å². The van der Waals surface area contributed by atoms with E-state index < -0.39 is 5.97 Å². The van der Waals surface area contributed by atoms with Crippen LogP contribution in [0.25, 0.3) is 0 Å². The van der Waals surface area contributed by atoms with Crippen LogP contribution < -0.4 is 4.74 Å². The predicted molar refractivity (Wildman–Crippen MR) is 80.1 cm³/mol. The van der Waals surface area contributed by atoms with Gasteiger partial charge in [0.25, 0.3) is 0 Å².